The molecule has 0 bridgehead atoms. The molecule has 3 nitrogen and oxygen atoms in total. The van der Waals surface area contributed by atoms with Crippen LogP contribution in [0.1, 0.15) is 50.7 Å². The average Bonchev–Trinajstić information content (AvgIpc) is 2.46. The Bertz CT molecular complexity index is 580. The predicted molar refractivity (Wildman–Crippen MR) is 81.2 cm³/mol. The summed E-state index contributed by atoms with van der Waals surface area (Å²) in [6, 6.07) is 5.71. The van der Waals surface area contributed by atoms with Gasteiger partial charge in [-0.2, -0.15) is 0 Å². The van der Waals surface area contributed by atoms with E-state index in [0.29, 0.717) is 5.75 Å². The zero-order valence-electron chi connectivity index (χ0n) is 13.1. The van der Waals surface area contributed by atoms with Gasteiger partial charge < -0.3 is 9.84 Å². The van der Waals surface area contributed by atoms with Gasteiger partial charge in [0.25, 0.3) is 0 Å². The third-order valence-corrected chi connectivity index (χ3v) is 5.99. The van der Waals surface area contributed by atoms with Gasteiger partial charge in [-0.3, -0.25) is 4.79 Å². The minimum atomic E-state index is -0.412. The SMILES string of the molecule is COC(=O)[C@@]1(C)CCC[C@]2(C)c3cc(O)ccc3CC[C@@H]12. The van der Waals surface area contributed by atoms with Gasteiger partial charge in [0, 0.05) is 0 Å². The van der Waals surface area contributed by atoms with Crippen molar-refractivity contribution in [3.8, 4) is 5.75 Å². The molecule has 1 aromatic carbocycles. The van der Waals surface area contributed by atoms with Gasteiger partial charge in [-0.15, -0.1) is 0 Å². The van der Waals surface area contributed by atoms with Crippen LogP contribution >= 0.6 is 0 Å². The fraction of sp³-hybridized carbons (Fsp3) is 0.611. The average molecular weight is 288 g/mol. The fourth-order valence-corrected chi connectivity index (χ4v) is 4.93. The highest BCUT2D eigenvalue weighted by Crippen LogP contribution is 2.57. The zero-order valence-corrected chi connectivity index (χ0v) is 13.1. The van der Waals surface area contributed by atoms with Crippen molar-refractivity contribution < 1.29 is 14.6 Å². The number of fused-ring (bicyclic) bond motifs is 3. The van der Waals surface area contributed by atoms with Crippen LogP contribution in [0, 0.1) is 11.3 Å². The molecule has 1 aromatic rings. The molecule has 3 rings (SSSR count). The van der Waals surface area contributed by atoms with Gasteiger partial charge in [0.15, 0.2) is 0 Å². The summed E-state index contributed by atoms with van der Waals surface area (Å²) in [6.45, 7) is 4.32. The summed E-state index contributed by atoms with van der Waals surface area (Å²) < 4.78 is 5.11. The Hall–Kier alpha value is -1.51. The van der Waals surface area contributed by atoms with E-state index >= 15 is 0 Å². The van der Waals surface area contributed by atoms with Gasteiger partial charge in [0.1, 0.15) is 5.75 Å². The summed E-state index contributed by atoms with van der Waals surface area (Å²) in [4.78, 5) is 12.4. The van der Waals surface area contributed by atoms with Crippen molar-refractivity contribution in [1.82, 2.24) is 0 Å². The van der Waals surface area contributed by atoms with E-state index in [1.807, 2.05) is 12.1 Å². The molecule has 0 amide bonds. The summed E-state index contributed by atoms with van der Waals surface area (Å²) >= 11 is 0. The first-order valence-electron chi connectivity index (χ1n) is 7.82. The molecule has 3 atom stereocenters. The molecular weight excluding hydrogens is 264 g/mol. The number of rotatable bonds is 1. The van der Waals surface area contributed by atoms with Gasteiger partial charge in [0.2, 0.25) is 0 Å². The van der Waals surface area contributed by atoms with E-state index < -0.39 is 5.41 Å². The molecule has 2 aliphatic carbocycles. The summed E-state index contributed by atoms with van der Waals surface area (Å²) in [5.41, 5.74) is 2.09. The van der Waals surface area contributed by atoms with E-state index in [0.717, 1.165) is 32.1 Å². The quantitative estimate of drug-likeness (QED) is 0.803. The summed E-state index contributed by atoms with van der Waals surface area (Å²) in [5, 5.41) is 9.89. The van der Waals surface area contributed by atoms with Crippen molar-refractivity contribution in [2.75, 3.05) is 7.11 Å². The second kappa shape index (κ2) is 4.75. The number of ether oxygens (including phenoxy) is 1. The maximum atomic E-state index is 12.4. The van der Waals surface area contributed by atoms with E-state index in [-0.39, 0.29) is 17.3 Å². The molecule has 3 heteroatoms. The molecule has 114 valence electrons. The molecule has 1 saturated carbocycles. The highest BCUT2D eigenvalue weighted by molar-refractivity contribution is 5.77. The number of hydrogen-bond acceptors (Lipinski definition) is 3. The molecule has 0 spiro atoms. The van der Waals surface area contributed by atoms with Gasteiger partial charge in [-0.25, -0.2) is 0 Å². The zero-order chi connectivity index (χ0) is 15.3. The van der Waals surface area contributed by atoms with Crippen LogP contribution < -0.4 is 0 Å². The number of methoxy groups -OCH3 is 1. The van der Waals surface area contributed by atoms with Crippen LogP contribution in [0.25, 0.3) is 0 Å². The molecule has 0 heterocycles. The van der Waals surface area contributed by atoms with Crippen molar-refractivity contribution in [2.45, 2.75) is 51.4 Å². The highest BCUT2D eigenvalue weighted by Gasteiger charge is 2.55. The molecule has 0 unspecified atom stereocenters. The Morgan fingerprint density at radius 1 is 1.33 bits per heavy atom. The molecule has 1 N–H and O–H groups in total. The van der Waals surface area contributed by atoms with Gasteiger partial charge >= 0.3 is 5.97 Å². The van der Waals surface area contributed by atoms with Crippen LogP contribution in [0.15, 0.2) is 18.2 Å². The first kappa shape index (κ1) is 14.4. The lowest BCUT2D eigenvalue weighted by atomic mass is 9.50. The minimum absolute atomic E-state index is 0.0481. The lowest BCUT2D eigenvalue weighted by molar-refractivity contribution is -0.161. The van der Waals surface area contributed by atoms with Crippen LogP contribution in [-0.4, -0.2) is 18.2 Å². The van der Waals surface area contributed by atoms with Crippen LogP contribution in [0.2, 0.25) is 0 Å². The van der Waals surface area contributed by atoms with Gasteiger partial charge in [-0.05, 0) is 67.2 Å². The highest BCUT2D eigenvalue weighted by atomic mass is 16.5. The summed E-state index contributed by atoms with van der Waals surface area (Å²) in [7, 11) is 1.49. The van der Waals surface area contributed by atoms with Crippen LogP contribution in [0.5, 0.6) is 5.75 Å². The number of hydrogen-bond donors (Lipinski definition) is 1. The van der Waals surface area contributed by atoms with Gasteiger partial charge in [0.05, 0.1) is 12.5 Å². The van der Waals surface area contributed by atoms with E-state index in [1.165, 1.54) is 18.2 Å². The number of aryl methyl sites for hydroxylation is 1. The molecule has 21 heavy (non-hydrogen) atoms. The Morgan fingerprint density at radius 2 is 2.10 bits per heavy atom. The number of carbonyl (C=O) groups is 1. The number of phenols is 1. The fourth-order valence-electron chi connectivity index (χ4n) is 4.93. The summed E-state index contributed by atoms with van der Waals surface area (Å²) in [5.74, 6) is 0.517. The van der Waals surface area contributed by atoms with E-state index in [1.54, 1.807) is 6.07 Å². The number of carbonyl (C=O) groups excluding carboxylic acids is 1. The number of esters is 1. The van der Waals surface area contributed by atoms with Crippen molar-refractivity contribution in [3.05, 3.63) is 29.3 Å². The second-order valence-corrected chi connectivity index (χ2v) is 7.11. The standard InChI is InChI=1S/C18H24O3/c1-17-9-4-10-18(2,16(20)21-3)15(17)8-6-12-5-7-13(19)11-14(12)17/h5,7,11,15,19H,4,6,8-10H2,1-3H3/t15-,17-,18+/m1/s1. The van der Waals surface area contributed by atoms with Crippen molar-refractivity contribution in [1.29, 1.82) is 0 Å². The topological polar surface area (TPSA) is 46.5 Å². The smallest absolute Gasteiger partial charge is 0.311 e. The molecule has 2 aliphatic rings. The maximum Gasteiger partial charge on any atom is 0.311 e. The Kier molecular flexibility index (Phi) is 3.27. The van der Waals surface area contributed by atoms with Crippen LogP contribution in [-0.2, 0) is 21.4 Å². The van der Waals surface area contributed by atoms with Crippen molar-refractivity contribution >= 4 is 5.97 Å². The molecular formula is C18H24O3. The number of aromatic hydroxyl groups is 1. The van der Waals surface area contributed by atoms with Crippen LogP contribution in [0.4, 0.5) is 0 Å². The van der Waals surface area contributed by atoms with E-state index in [9.17, 15) is 9.90 Å². The molecule has 0 radical (unpaired) electrons. The summed E-state index contributed by atoms with van der Waals surface area (Å²) in [6.07, 6.45) is 4.98. The van der Waals surface area contributed by atoms with Crippen LogP contribution in [0.3, 0.4) is 0 Å². The minimum Gasteiger partial charge on any atom is -0.508 e. The Labute approximate surface area is 126 Å². The third kappa shape index (κ3) is 1.97. The number of phenolic OH excluding ortho intramolecular Hbond substituents is 1. The van der Waals surface area contributed by atoms with E-state index in [4.69, 9.17) is 4.74 Å². The Balaban J connectivity index is 2.10. The monoisotopic (exact) mass is 288 g/mol. The number of benzene rings is 1. The first-order chi connectivity index (χ1) is 9.91. The molecule has 0 aliphatic heterocycles. The third-order valence-electron chi connectivity index (χ3n) is 5.99. The second-order valence-electron chi connectivity index (χ2n) is 7.11. The lowest BCUT2D eigenvalue weighted by Crippen LogP contribution is -2.52. The van der Waals surface area contributed by atoms with Crippen molar-refractivity contribution in [3.63, 3.8) is 0 Å². The predicted octanol–water partition coefficient (Wildman–Crippen LogP) is 3.58. The van der Waals surface area contributed by atoms with Crippen molar-refractivity contribution in [2.24, 2.45) is 11.3 Å². The van der Waals surface area contributed by atoms with Gasteiger partial charge in [-0.1, -0.05) is 19.4 Å². The molecule has 0 saturated heterocycles. The maximum absolute atomic E-state index is 12.4. The largest absolute Gasteiger partial charge is 0.508 e. The van der Waals surface area contributed by atoms with E-state index in [2.05, 4.69) is 13.8 Å². The normalized spacial score (nSPS) is 34.7. The Morgan fingerprint density at radius 3 is 2.81 bits per heavy atom. The molecule has 1 fully saturated rings. The first-order valence-corrected chi connectivity index (χ1v) is 7.82. The molecule has 0 aromatic heterocycles. The lowest BCUT2D eigenvalue weighted by Gasteiger charge is -2.54.